The highest BCUT2D eigenvalue weighted by Crippen LogP contribution is 2.58. The number of amides is 1. The molecule has 0 bridgehead atoms. The van der Waals surface area contributed by atoms with Gasteiger partial charge in [0, 0.05) is 6.04 Å². The minimum absolute atomic E-state index is 0.0608. The smallest absolute Gasteiger partial charge is 0.307 e. The van der Waals surface area contributed by atoms with Crippen LogP contribution in [0.15, 0.2) is 0 Å². The van der Waals surface area contributed by atoms with Crippen LogP contribution in [0.25, 0.3) is 0 Å². The molecular formula is C13H21NO3. The lowest BCUT2D eigenvalue weighted by molar-refractivity contribution is -0.140. The van der Waals surface area contributed by atoms with Gasteiger partial charge in [-0.15, -0.1) is 0 Å². The maximum absolute atomic E-state index is 12.0. The Hall–Kier alpha value is -1.06. The van der Waals surface area contributed by atoms with E-state index in [0.717, 1.165) is 12.8 Å². The molecule has 0 aromatic rings. The van der Waals surface area contributed by atoms with Gasteiger partial charge in [0.15, 0.2) is 0 Å². The third kappa shape index (κ3) is 2.31. The third-order valence-corrected chi connectivity index (χ3v) is 4.33. The van der Waals surface area contributed by atoms with Gasteiger partial charge in [-0.1, -0.05) is 33.1 Å². The van der Waals surface area contributed by atoms with Crippen LogP contribution >= 0.6 is 0 Å². The van der Waals surface area contributed by atoms with E-state index in [9.17, 15) is 9.59 Å². The minimum atomic E-state index is -0.848. The van der Waals surface area contributed by atoms with E-state index in [-0.39, 0.29) is 23.3 Å². The predicted octanol–water partition coefficient (Wildman–Crippen LogP) is 1.79. The van der Waals surface area contributed by atoms with Crippen molar-refractivity contribution in [1.82, 2.24) is 5.32 Å². The van der Waals surface area contributed by atoms with Gasteiger partial charge in [-0.05, 0) is 18.3 Å². The van der Waals surface area contributed by atoms with Crippen molar-refractivity contribution in [1.29, 1.82) is 0 Å². The third-order valence-electron chi connectivity index (χ3n) is 4.33. The number of carboxylic acids is 1. The maximum Gasteiger partial charge on any atom is 0.307 e. The highest BCUT2D eigenvalue weighted by atomic mass is 16.4. The van der Waals surface area contributed by atoms with Crippen molar-refractivity contribution < 1.29 is 14.7 Å². The Morgan fingerprint density at radius 2 is 1.71 bits per heavy atom. The summed E-state index contributed by atoms with van der Waals surface area (Å²) < 4.78 is 0. The standard InChI is InChI=1S/C13H21NO3/c1-13(2)9(10(13)12(16)17)11(15)14-8-6-4-3-5-7-8/h8-10H,3-7H2,1-2H3,(H,14,15)(H,16,17). The first-order chi connectivity index (χ1) is 7.94. The van der Waals surface area contributed by atoms with Gasteiger partial charge in [0.25, 0.3) is 0 Å². The lowest BCUT2D eigenvalue weighted by Gasteiger charge is -2.23. The minimum Gasteiger partial charge on any atom is -0.481 e. The number of aliphatic carboxylic acids is 1. The Morgan fingerprint density at radius 3 is 2.18 bits per heavy atom. The summed E-state index contributed by atoms with van der Waals surface area (Å²) in [5.41, 5.74) is -0.384. The molecule has 2 unspecified atom stereocenters. The molecule has 2 atom stereocenters. The molecule has 2 N–H and O–H groups in total. The fraction of sp³-hybridized carbons (Fsp3) is 0.846. The zero-order chi connectivity index (χ0) is 12.6. The van der Waals surface area contributed by atoms with E-state index in [2.05, 4.69) is 5.32 Å². The summed E-state index contributed by atoms with van der Waals surface area (Å²) in [5.74, 6) is -1.76. The van der Waals surface area contributed by atoms with E-state index in [1.165, 1.54) is 19.3 Å². The van der Waals surface area contributed by atoms with Gasteiger partial charge < -0.3 is 10.4 Å². The van der Waals surface area contributed by atoms with Crippen LogP contribution in [-0.2, 0) is 9.59 Å². The molecule has 2 aliphatic carbocycles. The second-order valence-electron chi connectivity index (χ2n) is 5.96. The number of carbonyl (C=O) groups excluding carboxylic acids is 1. The van der Waals surface area contributed by atoms with Crippen LogP contribution in [0.1, 0.15) is 46.0 Å². The molecule has 0 spiro atoms. The van der Waals surface area contributed by atoms with Crippen molar-refractivity contribution in [3.05, 3.63) is 0 Å². The zero-order valence-electron chi connectivity index (χ0n) is 10.5. The molecule has 96 valence electrons. The monoisotopic (exact) mass is 239 g/mol. The number of hydrogen-bond donors (Lipinski definition) is 2. The number of carboxylic acid groups (broad SMARTS) is 1. The summed E-state index contributed by atoms with van der Waals surface area (Å²) in [4.78, 5) is 23.0. The predicted molar refractivity (Wildman–Crippen MR) is 63.4 cm³/mol. The Labute approximate surface area is 102 Å². The lowest BCUT2D eigenvalue weighted by Crippen LogP contribution is -2.38. The first-order valence-electron chi connectivity index (χ1n) is 6.48. The molecule has 2 saturated carbocycles. The van der Waals surface area contributed by atoms with E-state index >= 15 is 0 Å². The van der Waals surface area contributed by atoms with Gasteiger partial charge in [0.2, 0.25) is 5.91 Å². The molecule has 0 aliphatic heterocycles. The van der Waals surface area contributed by atoms with Gasteiger partial charge in [-0.2, -0.15) is 0 Å². The lowest BCUT2D eigenvalue weighted by atomic mass is 9.95. The van der Waals surface area contributed by atoms with Crippen molar-refractivity contribution >= 4 is 11.9 Å². The number of rotatable bonds is 3. The van der Waals surface area contributed by atoms with Crippen molar-refractivity contribution in [2.24, 2.45) is 17.3 Å². The fourth-order valence-electron chi connectivity index (χ4n) is 3.13. The summed E-state index contributed by atoms with van der Waals surface area (Å²) in [6.07, 6.45) is 5.66. The van der Waals surface area contributed by atoms with Crippen LogP contribution < -0.4 is 5.32 Å². The second-order valence-corrected chi connectivity index (χ2v) is 5.96. The molecule has 0 heterocycles. The van der Waals surface area contributed by atoms with Crippen molar-refractivity contribution in [2.75, 3.05) is 0 Å². The normalized spacial score (nSPS) is 31.9. The van der Waals surface area contributed by atoms with Crippen molar-refractivity contribution in [3.63, 3.8) is 0 Å². The molecule has 0 aromatic heterocycles. The quantitative estimate of drug-likeness (QED) is 0.789. The van der Waals surface area contributed by atoms with Gasteiger partial charge in [0.1, 0.15) is 0 Å². The molecule has 2 fully saturated rings. The molecule has 0 aromatic carbocycles. The molecule has 0 radical (unpaired) electrons. The number of hydrogen-bond acceptors (Lipinski definition) is 2. The molecule has 2 aliphatic rings. The van der Waals surface area contributed by atoms with E-state index < -0.39 is 11.9 Å². The Kier molecular flexibility index (Phi) is 3.15. The van der Waals surface area contributed by atoms with E-state index in [1.54, 1.807) is 0 Å². The van der Waals surface area contributed by atoms with E-state index in [4.69, 9.17) is 5.11 Å². The maximum atomic E-state index is 12.0. The van der Waals surface area contributed by atoms with Crippen LogP contribution in [0.3, 0.4) is 0 Å². The molecule has 0 saturated heterocycles. The van der Waals surface area contributed by atoms with E-state index in [1.807, 2.05) is 13.8 Å². The van der Waals surface area contributed by atoms with Crippen molar-refractivity contribution in [3.8, 4) is 0 Å². The number of carbonyl (C=O) groups is 2. The molecule has 4 nitrogen and oxygen atoms in total. The highest BCUT2D eigenvalue weighted by Gasteiger charge is 2.65. The van der Waals surface area contributed by atoms with Gasteiger partial charge >= 0.3 is 5.97 Å². The molecule has 1 amide bonds. The largest absolute Gasteiger partial charge is 0.481 e. The molecule has 4 heteroatoms. The first kappa shape index (κ1) is 12.4. The molecule has 17 heavy (non-hydrogen) atoms. The van der Waals surface area contributed by atoms with Crippen molar-refractivity contribution in [2.45, 2.75) is 52.0 Å². The Bertz CT molecular complexity index is 332. The second kappa shape index (κ2) is 4.31. The van der Waals surface area contributed by atoms with Crippen LogP contribution in [0.2, 0.25) is 0 Å². The topological polar surface area (TPSA) is 66.4 Å². The SMILES string of the molecule is CC1(C)C(C(=O)O)C1C(=O)NC1CCCCC1. The van der Waals surface area contributed by atoms with Crippen LogP contribution in [0.4, 0.5) is 0 Å². The summed E-state index contributed by atoms with van der Waals surface area (Å²) >= 11 is 0. The average Bonchev–Trinajstić information content (AvgIpc) is 2.83. The zero-order valence-corrected chi connectivity index (χ0v) is 10.5. The summed E-state index contributed by atoms with van der Waals surface area (Å²) in [7, 11) is 0. The van der Waals surface area contributed by atoms with Crippen LogP contribution in [0, 0.1) is 17.3 Å². The average molecular weight is 239 g/mol. The Morgan fingerprint density at radius 1 is 1.12 bits per heavy atom. The van der Waals surface area contributed by atoms with Crippen LogP contribution in [0.5, 0.6) is 0 Å². The molecular weight excluding hydrogens is 218 g/mol. The number of nitrogens with one attached hydrogen (secondary N) is 1. The fourth-order valence-corrected chi connectivity index (χ4v) is 3.13. The first-order valence-corrected chi connectivity index (χ1v) is 6.48. The van der Waals surface area contributed by atoms with E-state index in [0.29, 0.717) is 0 Å². The highest BCUT2D eigenvalue weighted by molar-refractivity contribution is 5.91. The van der Waals surface area contributed by atoms with Crippen LogP contribution in [-0.4, -0.2) is 23.0 Å². The summed E-state index contributed by atoms with van der Waals surface area (Å²) in [5, 5.41) is 12.1. The summed E-state index contributed by atoms with van der Waals surface area (Å²) in [6, 6.07) is 0.266. The Balaban J connectivity index is 1.90. The van der Waals surface area contributed by atoms with Gasteiger partial charge in [-0.25, -0.2) is 0 Å². The van der Waals surface area contributed by atoms with Gasteiger partial charge in [-0.3, -0.25) is 9.59 Å². The molecule has 2 rings (SSSR count). The summed E-state index contributed by atoms with van der Waals surface area (Å²) in [6.45, 7) is 3.72. The van der Waals surface area contributed by atoms with Gasteiger partial charge in [0.05, 0.1) is 11.8 Å².